The highest BCUT2D eigenvalue weighted by Crippen LogP contribution is 2.30. The lowest BCUT2D eigenvalue weighted by Crippen LogP contribution is -2.40. The van der Waals surface area contributed by atoms with E-state index in [0.717, 1.165) is 41.4 Å². The summed E-state index contributed by atoms with van der Waals surface area (Å²) in [6.45, 7) is 5.58. The fourth-order valence-electron chi connectivity index (χ4n) is 3.44. The van der Waals surface area contributed by atoms with Crippen molar-refractivity contribution in [3.05, 3.63) is 42.1 Å². The molecular formula is C18H22N6O. The molecule has 0 radical (unpaired) electrons. The number of allylic oxidation sites excluding steroid dienone is 1. The van der Waals surface area contributed by atoms with Gasteiger partial charge in [-0.05, 0) is 18.6 Å². The van der Waals surface area contributed by atoms with Gasteiger partial charge in [0.25, 0.3) is 0 Å². The molecule has 1 N–H and O–H groups in total. The number of hydrogen-bond acceptors (Lipinski definition) is 6. The first kappa shape index (κ1) is 15.8. The zero-order valence-electron chi connectivity index (χ0n) is 14.6. The van der Waals surface area contributed by atoms with E-state index in [0.29, 0.717) is 13.0 Å². The van der Waals surface area contributed by atoms with Crippen molar-refractivity contribution in [1.29, 1.82) is 0 Å². The molecule has 0 spiro atoms. The normalized spacial score (nSPS) is 22.7. The van der Waals surface area contributed by atoms with Gasteiger partial charge in [0, 0.05) is 57.1 Å². The quantitative estimate of drug-likeness (QED) is 0.894. The number of carbonyl (C=O) groups is 1. The average molecular weight is 338 g/mol. The van der Waals surface area contributed by atoms with Crippen LogP contribution in [0.25, 0.3) is 11.6 Å². The maximum atomic E-state index is 11.8. The summed E-state index contributed by atoms with van der Waals surface area (Å²) in [5.74, 6) is 1.02. The van der Waals surface area contributed by atoms with Crippen LogP contribution in [0.3, 0.4) is 0 Å². The van der Waals surface area contributed by atoms with E-state index in [9.17, 15) is 4.79 Å². The molecule has 1 unspecified atom stereocenters. The highest BCUT2D eigenvalue weighted by atomic mass is 16.2. The van der Waals surface area contributed by atoms with Crippen LogP contribution in [0.5, 0.6) is 0 Å². The third kappa shape index (κ3) is 2.80. The van der Waals surface area contributed by atoms with Crippen LogP contribution >= 0.6 is 0 Å². The molecule has 1 fully saturated rings. The third-order valence-electron chi connectivity index (χ3n) is 5.04. The summed E-state index contributed by atoms with van der Waals surface area (Å²) in [4.78, 5) is 25.2. The van der Waals surface area contributed by atoms with Gasteiger partial charge in [0.15, 0.2) is 5.82 Å². The molecule has 1 amide bonds. The third-order valence-corrected chi connectivity index (χ3v) is 5.04. The van der Waals surface area contributed by atoms with Crippen LogP contribution < -0.4 is 10.3 Å². The minimum Gasteiger partial charge on any atom is -0.341 e. The van der Waals surface area contributed by atoms with E-state index in [1.54, 1.807) is 0 Å². The minimum absolute atomic E-state index is 0.174. The molecule has 7 heteroatoms. The molecule has 4 rings (SSSR count). The van der Waals surface area contributed by atoms with E-state index in [1.165, 1.54) is 0 Å². The van der Waals surface area contributed by atoms with Gasteiger partial charge < -0.3 is 14.8 Å². The van der Waals surface area contributed by atoms with Crippen LogP contribution in [-0.2, 0) is 4.79 Å². The maximum absolute atomic E-state index is 11.8. The molecule has 1 aromatic heterocycles. The fraction of sp³-hybridized carbons (Fsp3) is 0.389. The van der Waals surface area contributed by atoms with Gasteiger partial charge in [-0.25, -0.2) is 10.4 Å². The van der Waals surface area contributed by atoms with Gasteiger partial charge in [0.1, 0.15) is 5.69 Å². The first-order valence-electron chi connectivity index (χ1n) is 8.47. The molecular weight excluding hydrogens is 316 g/mol. The first-order valence-corrected chi connectivity index (χ1v) is 8.47. The molecule has 0 aromatic carbocycles. The van der Waals surface area contributed by atoms with E-state index in [1.807, 2.05) is 48.6 Å². The van der Waals surface area contributed by atoms with Crippen LogP contribution in [-0.4, -0.2) is 59.0 Å². The zero-order valence-corrected chi connectivity index (χ0v) is 14.6. The Labute approximate surface area is 147 Å². The molecule has 0 aliphatic carbocycles. The number of likely N-dealkylation sites (N-methyl/N-ethyl adjacent to an activating group) is 1. The molecule has 4 heterocycles. The van der Waals surface area contributed by atoms with Gasteiger partial charge in [-0.2, -0.15) is 0 Å². The van der Waals surface area contributed by atoms with Crippen molar-refractivity contribution in [1.82, 2.24) is 25.3 Å². The van der Waals surface area contributed by atoms with Gasteiger partial charge in [0.05, 0.1) is 11.9 Å². The molecule has 0 bridgehead atoms. The lowest BCUT2D eigenvalue weighted by Gasteiger charge is -2.32. The van der Waals surface area contributed by atoms with E-state index in [4.69, 9.17) is 4.98 Å². The number of anilines is 1. The second-order valence-corrected chi connectivity index (χ2v) is 6.70. The van der Waals surface area contributed by atoms with Crippen LogP contribution in [0.2, 0.25) is 0 Å². The summed E-state index contributed by atoms with van der Waals surface area (Å²) in [5, 5.41) is 1.92. The van der Waals surface area contributed by atoms with Crippen LogP contribution in [0.1, 0.15) is 24.2 Å². The molecule has 7 nitrogen and oxygen atoms in total. The van der Waals surface area contributed by atoms with Gasteiger partial charge in [-0.1, -0.05) is 6.58 Å². The highest BCUT2D eigenvalue weighted by Gasteiger charge is 2.31. The van der Waals surface area contributed by atoms with E-state index in [2.05, 4.69) is 21.9 Å². The lowest BCUT2D eigenvalue weighted by atomic mass is 10.1. The average Bonchev–Trinajstić information content (AvgIpc) is 3.17. The number of fused-ring (bicyclic) bond motifs is 1. The van der Waals surface area contributed by atoms with Crippen LogP contribution in [0.15, 0.2) is 30.7 Å². The smallest absolute Gasteiger partial charge is 0.222 e. The van der Waals surface area contributed by atoms with Gasteiger partial charge in [-0.3, -0.25) is 9.78 Å². The van der Waals surface area contributed by atoms with Gasteiger partial charge >= 0.3 is 0 Å². The van der Waals surface area contributed by atoms with Crippen LogP contribution in [0.4, 0.5) is 5.82 Å². The molecule has 1 atom stereocenters. The lowest BCUT2D eigenvalue weighted by molar-refractivity contribution is -0.127. The number of amides is 1. The van der Waals surface area contributed by atoms with E-state index >= 15 is 0 Å². The predicted molar refractivity (Wildman–Crippen MR) is 97.1 cm³/mol. The predicted octanol–water partition coefficient (Wildman–Crippen LogP) is 1.24. The van der Waals surface area contributed by atoms with E-state index < -0.39 is 0 Å². The Morgan fingerprint density at radius 1 is 1.36 bits per heavy atom. The van der Waals surface area contributed by atoms with Gasteiger partial charge in [0.2, 0.25) is 5.91 Å². The van der Waals surface area contributed by atoms with Crippen molar-refractivity contribution in [3.63, 3.8) is 0 Å². The molecule has 130 valence electrons. The highest BCUT2D eigenvalue weighted by molar-refractivity contribution is 5.79. The number of nitrogens with one attached hydrogen (secondary N) is 1. The zero-order chi connectivity index (χ0) is 17.6. The molecule has 25 heavy (non-hydrogen) atoms. The van der Waals surface area contributed by atoms with Crippen molar-refractivity contribution >= 4 is 23.4 Å². The standard InChI is InChI=1S/C18H22N6O/c1-12-4-6-15-18(24(12)11-14-5-7-17(25)23(14)3)21-16(9-19-15)13-8-20-22(2)10-13/h4,6,9-10,14,20H,1,5,7-8,11H2,2-3H3. The maximum Gasteiger partial charge on any atom is 0.222 e. The number of carbonyl (C=O) groups excluding carboxylic acids is 1. The Morgan fingerprint density at radius 2 is 2.20 bits per heavy atom. The summed E-state index contributed by atoms with van der Waals surface area (Å²) in [5.41, 5.74) is 6.90. The number of hydrazine groups is 1. The second-order valence-electron chi connectivity index (χ2n) is 6.70. The Hall–Kier alpha value is -2.67. The summed E-state index contributed by atoms with van der Waals surface area (Å²) in [6.07, 6.45) is 9.22. The number of nitrogens with zero attached hydrogens (tertiary/aromatic N) is 5. The topological polar surface area (TPSA) is 64.6 Å². The van der Waals surface area contributed by atoms with Crippen molar-refractivity contribution < 1.29 is 4.79 Å². The van der Waals surface area contributed by atoms with E-state index in [-0.39, 0.29) is 11.9 Å². The minimum atomic E-state index is 0.174. The largest absolute Gasteiger partial charge is 0.341 e. The Morgan fingerprint density at radius 3 is 2.88 bits per heavy atom. The summed E-state index contributed by atoms with van der Waals surface area (Å²) < 4.78 is 0. The Kier molecular flexibility index (Phi) is 3.80. The summed E-state index contributed by atoms with van der Waals surface area (Å²) in [6, 6.07) is 0.174. The van der Waals surface area contributed by atoms with Gasteiger partial charge in [-0.15, -0.1) is 0 Å². The summed E-state index contributed by atoms with van der Waals surface area (Å²) in [7, 11) is 3.83. The van der Waals surface area contributed by atoms with Crippen molar-refractivity contribution in [2.75, 3.05) is 32.1 Å². The number of hydrogen-bond donors (Lipinski definition) is 1. The van der Waals surface area contributed by atoms with Crippen molar-refractivity contribution in [2.24, 2.45) is 0 Å². The number of aromatic nitrogens is 2. The molecule has 3 aliphatic rings. The number of rotatable bonds is 3. The Balaban J connectivity index is 1.65. The fourth-order valence-corrected chi connectivity index (χ4v) is 3.44. The summed E-state index contributed by atoms with van der Waals surface area (Å²) >= 11 is 0. The molecule has 1 saturated heterocycles. The molecule has 3 aliphatic heterocycles. The number of likely N-dealkylation sites (tertiary alicyclic amines) is 1. The van der Waals surface area contributed by atoms with Crippen molar-refractivity contribution in [2.45, 2.75) is 18.9 Å². The SMILES string of the molecule is C=C1C=Cc2ncc(C3=CN(C)NC3)nc2N1CC1CCC(=O)N1C. The second kappa shape index (κ2) is 6.00. The molecule has 1 aromatic rings. The molecule has 0 saturated carbocycles. The van der Waals surface area contributed by atoms with Crippen molar-refractivity contribution in [3.8, 4) is 0 Å². The Bertz CT molecular complexity index is 799. The van der Waals surface area contributed by atoms with Crippen LogP contribution in [0, 0.1) is 0 Å². The first-order chi connectivity index (χ1) is 12.0. The monoisotopic (exact) mass is 338 g/mol.